The fourth-order valence-corrected chi connectivity index (χ4v) is 1.98. The molecule has 0 aromatic rings. The second-order valence-corrected chi connectivity index (χ2v) is 6.84. The predicted molar refractivity (Wildman–Crippen MR) is 60.4 cm³/mol. The summed E-state index contributed by atoms with van der Waals surface area (Å²) in [4.78, 5) is 0. The highest BCUT2D eigenvalue weighted by molar-refractivity contribution is 7.55. The van der Waals surface area contributed by atoms with Crippen molar-refractivity contribution in [3.8, 4) is 0 Å². The van der Waals surface area contributed by atoms with E-state index in [1.807, 2.05) is 6.92 Å². The molecule has 1 heterocycles. The molecule has 0 aliphatic carbocycles. The van der Waals surface area contributed by atoms with Gasteiger partial charge in [0.1, 0.15) is 0 Å². The van der Waals surface area contributed by atoms with Crippen LogP contribution in [0, 0.1) is 0 Å². The van der Waals surface area contributed by atoms with Crippen LogP contribution in [0.4, 0.5) is 0 Å². The quantitative estimate of drug-likeness (QED) is 0.730. The third-order valence-electron chi connectivity index (χ3n) is 2.46. The standard InChI is InChI=1S/C9H21N2O3P/c1-8-5-10-6-9(14-8)7-13-15(4,12)11(2)3/h8-10H,5-7H2,1-4H3/t8?,9-,15?/m0/s1. The monoisotopic (exact) mass is 236 g/mol. The van der Waals surface area contributed by atoms with Gasteiger partial charge in [-0.1, -0.05) is 0 Å². The average molecular weight is 236 g/mol. The summed E-state index contributed by atoms with van der Waals surface area (Å²) in [5.41, 5.74) is 0. The average Bonchev–Trinajstić information content (AvgIpc) is 2.15. The van der Waals surface area contributed by atoms with E-state index in [0.29, 0.717) is 6.61 Å². The molecule has 0 aromatic carbocycles. The van der Waals surface area contributed by atoms with E-state index in [-0.39, 0.29) is 12.2 Å². The third kappa shape index (κ3) is 4.21. The summed E-state index contributed by atoms with van der Waals surface area (Å²) < 4.78 is 24.5. The van der Waals surface area contributed by atoms with Crippen molar-refractivity contribution in [2.75, 3.05) is 40.5 Å². The summed E-state index contributed by atoms with van der Waals surface area (Å²) in [6.07, 6.45) is 0.199. The van der Waals surface area contributed by atoms with E-state index in [1.54, 1.807) is 25.4 Å². The first-order valence-electron chi connectivity index (χ1n) is 5.18. The van der Waals surface area contributed by atoms with Gasteiger partial charge in [0.2, 0.25) is 0 Å². The Morgan fingerprint density at radius 2 is 2.20 bits per heavy atom. The van der Waals surface area contributed by atoms with Gasteiger partial charge in [-0.15, -0.1) is 0 Å². The number of rotatable bonds is 4. The molecule has 0 saturated carbocycles. The van der Waals surface area contributed by atoms with Gasteiger partial charge in [0.05, 0.1) is 18.8 Å². The Balaban J connectivity index is 2.33. The summed E-state index contributed by atoms with van der Waals surface area (Å²) in [5.74, 6) is 0. The summed E-state index contributed by atoms with van der Waals surface area (Å²) in [7, 11) is 0.881. The lowest BCUT2D eigenvalue weighted by molar-refractivity contribution is -0.0474. The minimum absolute atomic E-state index is 0.00183. The van der Waals surface area contributed by atoms with E-state index < -0.39 is 7.52 Å². The first-order chi connectivity index (χ1) is 6.92. The molecular weight excluding hydrogens is 215 g/mol. The Kier molecular flexibility index (Phi) is 4.74. The van der Waals surface area contributed by atoms with Gasteiger partial charge < -0.3 is 14.6 Å². The van der Waals surface area contributed by atoms with Gasteiger partial charge in [0.25, 0.3) is 7.52 Å². The largest absolute Gasteiger partial charge is 0.370 e. The van der Waals surface area contributed by atoms with Crippen molar-refractivity contribution in [1.82, 2.24) is 9.99 Å². The van der Waals surface area contributed by atoms with Crippen molar-refractivity contribution in [1.29, 1.82) is 0 Å². The van der Waals surface area contributed by atoms with Gasteiger partial charge >= 0.3 is 0 Å². The Morgan fingerprint density at radius 3 is 2.73 bits per heavy atom. The van der Waals surface area contributed by atoms with Crippen LogP contribution in [0.2, 0.25) is 0 Å². The number of hydrogen-bond acceptors (Lipinski definition) is 4. The van der Waals surface area contributed by atoms with E-state index in [1.165, 1.54) is 0 Å². The zero-order valence-electron chi connectivity index (χ0n) is 9.90. The Morgan fingerprint density at radius 1 is 1.53 bits per heavy atom. The third-order valence-corrected chi connectivity index (χ3v) is 4.54. The first kappa shape index (κ1) is 13.1. The SMILES string of the molecule is CC1CNC[C@@H](COP(C)(=O)N(C)C)O1. The summed E-state index contributed by atoms with van der Waals surface area (Å²) in [6.45, 7) is 5.64. The minimum atomic E-state index is -2.63. The molecule has 1 aliphatic heterocycles. The summed E-state index contributed by atoms with van der Waals surface area (Å²) in [5, 5.41) is 3.24. The van der Waals surface area contributed by atoms with Gasteiger partial charge in [0, 0.05) is 19.8 Å². The Hall–Kier alpha value is 0.0700. The lowest BCUT2D eigenvalue weighted by Crippen LogP contribution is -2.45. The maximum atomic E-state index is 11.9. The van der Waals surface area contributed by atoms with Gasteiger partial charge in [-0.05, 0) is 21.0 Å². The molecular formula is C9H21N2O3P. The van der Waals surface area contributed by atoms with Gasteiger partial charge in [-0.3, -0.25) is 4.57 Å². The second kappa shape index (κ2) is 5.41. The van der Waals surface area contributed by atoms with E-state index in [9.17, 15) is 4.57 Å². The molecule has 90 valence electrons. The highest BCUT2D eigenvalue weighted by Crippen LogP contribution is 2.44. The Labute approximate surface area is 91.6 Å². The number of morpholine rings is 1. The number of ether oxygens (including phenoxy) is 1. The fraction of sp³-hybridized carbons (Fsp3) is 1.00. The maximum absolute atomic E-state index is 11.9. The van der Waals surface area contributed by atoms with Crippen LogP contribution in [0.1, 0.15) is 6.92 Å². The number of nitrogens with zero attached hydrogens (tertiary/aromatic N) is 1. The van der Waals surface area contributed by atoms with Crippen molar-refractivity contribution < 1.29 is 13.8 Å². The molecule has 0 radical (unpaired) electrons. The summed E-state index contributed by atoms with van der Waals surface area (Å²) >= 11 is 0. The summed E-state index contributed by atoms with van der Waals surface area (Å²) in [6, 6.07) is 0. The molecule has 0 bridgehead atoms. The van der Waals surface area contributed by atoms with Crippen molar-refractivity contribution in [2.45, 2.75) is 19.1 Å². The smallest absolute Gasteiger partial charge is 0.268 e. The molecule has 3 atom stereocenters. The number of nitrogens with one attached hydrogen (secondary N) is 1. The Bertz CT molecular complexity index is 248. The predicted octanol–water partition coefficient (Wildman–Crippen LogP) is 0.764. The van der Waals surface area contributed by atoms with Crippen molar-refractivity contribution in [3.63, 3.8) is 0 Å². The molecule has 1 rings (SSSR count). The van der Waals surface area contributed by atoms with Crippen molar-refractivity contribution in [2.24, 2.45) is 0 Å². The van der Waals surface area contributed by atoms with Crippen molar-refractivity contribution >= 4 is 7.52 Å². The molecule has 1 N–H and O–H groups in total. The normalized spacial score (nSPS) is 31.5. The van der Waals surface area contributed by atoms with E-state index in [2.05, 4.69) is 5.32 Å². The van der Waals surface area contributed by atoms with E-state index in [0.717, 1.165) is 13.1 Å². The van der Waals surface area contributed by atoms with Crippen molar-refractivity contribution in [3.05, 3.63) is 0 Å². The molecule has 5 nitrogen and oxygen atoms in total. The lowest BCUT2D eigenvalue weighted by atomic mass is 10.3. The van der Waals surface area contributed by atoms with E-state index >= 15 is 0 Å². The van der Waals surface area contributed by atoms with Crippen LogP contribution in [0.15, 0.2) is 0 Å². The van der Waals surface area contributed by atoms with Crippen LogP contribution in [-0.2, 0) is 13.8 Å². The van der Waals surface area contributed by atoms with Crippen LogP contribution < -0.4 is 5.32 Å². The van der Waals surface area contributed by atoms with Gasteiger partial charge in [-0.25, -0.2) is 4.67 Å². The topological polar surface area (TPSA) is 50.8 Å². The zero-order chi connectivity index (χ0) is 11.5. The van der Waals surface area contributed by atoms with Crippen LogP contribution >= 0.6 is 7.52 Å². The highest BCUT2D eigenvalue weighted by Gasteiger charge is 2.24. The van der Waals surface area contributed by atoms with Gasteiger partial charge in [0.15, 0.2) is 0 Å². The van der Waals surface area contributed by atoms with Crippen LogP contribution in [0.3, 0.4) is 0 Å². The second-order valence-electron chi connectivity index (χ2n) is 4.17. The molecule has 15 heavy (non-hydrogen) atoms. The molecule has 1 fully saturated rings. The molecule has 1 saturated heterocycles. The molecule has 0 aromatic heterocycles. The zero-order valence-corrected chi connectivity index (χ0v) is 10.8. The molecule has 1 aliphatic rings. The molecule has 0 spiro atoms. The van der Waals surface area contributed by atoms with Crippen LogP contribution in [0.5, 0.6) is 0 Å². The van der Waals surface area contributed by atoms with E-state index in [4.69, 9.17) is 9.26 Å². The highest BCUT2D eigenvalue weighted by atomic mass is 31.2. The fourth-order valence-electron chi connectivity index (χ4n) is 1.31. The first-order valence-corrected chi connectivity index (χ1v) is 7.20. The van der Waals surface area contributed by atoms with Gasteiger partial charge in [-0.2, -0.15) is 0 Å². The maximum Gasteiger partial charge on any atom is 0.268 e. The lowest BCUT2D eigenvalue weighted by Gasteiger charge is -2.30. The van der Waals surface area contributed by atoms with Crippen LogP contribution in [-0.4, -0.2) is 57.3 Å². The molecule has 2 unspecified atom stereocenters. The molecule has 6 heteroatoms. The van der Waals surface area contributed by atoms with Crippen LogP contribution in [0.25, 0.3) is 0 Å². The minimum Gasteiger partial charge on any atom is -0.370 e. The molecule has 0 amide bonds. The number of hydrogen-bond donors (Lipinski definition) is 1.